The van der Waals surface area contributed by atoms with E-state index < -0.39 is 0 Å². The van der Waals surface area contributed by atoms with E-state index in [0.29, 0.717) is 35.2 Å². The molecule has 3 atom stereocenters. The van der Waals surface area contributed by atoms with Crippen molar-refractivity contribution in [1.29, 1.82) is 0 Å². The Bertz CT molecular complexity index is 2250. The first kappa shape index (κ1) is 36.8. The summed E-state index contributed by atoms with van der Waals surface area (Å²) in [6, 6.07) is 28.4. The van der Waals surface area contributed by atoms with Crippen LogP contribution in [0.2, 0.25) is 0 Å². The minimum atomic E-state index is -0.111. The number of hydrogen-bond acceptors (Lipinski definition) is 3. The van der Waals surface area contributed by atoms with E-state index in [0.717, 1.165) is 51.0 Å². The first-order valence-electron chi connectivity index (χ1n) is 18.2. The first-order chi connectivity index (χ1) is 23.8. The molecule has 3 aromatic heterocycles. The van der Waals surface area contributed by atoms with Crippen molar-refractivity contribution in [3.63, 3.8) is 0 Å². The zero-order valence-electron chi connectivity index (χ0n) is 31.7. The summed E-state index contributed by atoms with van der Waals surface area (Å²) in [5.74, 6) is 4.35. The Hall–Kier alpha value is -3.95. The van der Waals surface area contributed by atoms with Crippen LogP contribution in [0.1, 0.15) is 95.8 Å². The van der Waals surface area contributed by atoms with Gasteiger partial charge in [-0.3, -0.25) is 4.68 Å². The zero-order valence-corrected chi connectivity index (χ0v) is 33.9. The van der Waals surface area contributed by atoms with Gasteiger partial charge in [-0.2, -0.15) is 11.2 Å². The average molecular weight is 858 g/mol. The van der Waals surface area contributed by atoms with Gasteiger partial charge < -0.3 is 9.30 Å². The number of nitrogens with zero attached hydrogens (tertiary/aromatic N) is 4. The third kappa shape index (κ3) is 6.87. The van der Waals surface area contributed by atoms with E-state index in [-0.39, 0.29) is 26.5 Å². The number of ether oxygens (including phenoxy) is 1. The maximum Gasteiger partial charge on any atom is 2.00 e. The second kappa shape index (κ2) is 14.2. The van der Waals surface area contributed by atoms with Crippen molar-refractivity contribution in [2.45, 2.75) is 93.4 Å². The Kier molecular flexibility index (Phi) is 10.3. The zero-order chi connectivity index (χ0) is 35.5. The molecule has 0 N–H and O–H groups in total. The standard InChI is InChI=1S/C45H50N4O.Pt/c1-11-32-18-19-46-42(22-32)48-40-15-13-12-14-38(40)39-17-16-36(26-41(39)48)50-37-24-34(45(8,9)10)23-35(25-37)49-31(7)44(30(6)47-49)43-28(4)20-33(27(2)3)21-29(43)5;/h12-20,22-24,27,29,33,43H,11,21H2,1-10H3;/q-2;+2/t29-,33-,43?;/m0./s1. The van der Waals surface area contributed by atoms with Gasteiger partial charge in [-0.1, -0.05) is 83.8 Å². The van der Waals surface area contributed by atoms with Crippen LogP contribution in [0.3, 0.4) is 0 Å². The number of benzene rings is 3. The Morgan fingerprint density at radius 3 is 2.41 bits per heavy atom. The fraction of sp³-hybridized carbons (Fsp3) is 0.378. The summed E-state index contributed by atoms with van der Waals surface area (Å²) in [6.07, 6.45) is 6.56. The summed E-state index contributed by atoms with van der Waals surface area (Å²) in [5, 5.41) is 7.43. The van der Waals surface area contributed by atoms with Crippen LogP contribution in [0.25, 0.3) is 33.3 Å². The summed E-state index contributed by atoms with van der Waals surface area (Å²) >= 11 is 0. The van der Waals surface area contributed by atoms with Crippen LogP contribution in [0.4, 0.5) is 0 Å². The minimum Gasteiger partial charge on any atom is -0.509 e. The molecule has 3 aromatic carbocycles. The molecule has 0 saturated heterocycles. The SMILES string of the molecule is CCc1ccnc(-n2c3[c-]c(Oc4[c-]c(-n5nc(C)c(C6C(C)=C[C@H](C(C)C)C[C@@H]6C)c5C)cc(C(C)(C)C)c4)ccc3c3ccccc32)c1.[Pt+2]. The van der Waals surface area contributed by atoms with Crippen LogP contribution in [0.5, 0.6) is 11.5 Å². The molecule has 0 aliphatic heterocycles. The number of para-hydroxylation sites is 1. The number of hydrogen-bond donors (Lipinski definition) is 0. The fourth-order valence-corrected chi connectivity index (χ4v) is 8.06. The topological polar surface area (TPSA) is 44.9 Å². The number of aryl methyl sites for hydroxylation is 2. The second-order valence-electron chi connectivity index (χ2n) is 15.8. The van der Waals surface area contributed by atoms with Crippen LogP contribution in [0, 0.1) is 43.7 Å². The van der Waals surface area contributed by atoms with Crippen LogP contribution in [-0.4, -0.2) is 19.3 Å². The summed E-state index contributed by atoms with van der Waals surface area (Å²) in [5.41, 5.74) is 10.3. The molecule has 51 heavy (non-hydrogen) atoms. The molecular weight excluding hydrogens is 808 g/mol. The van der Waals surface area contributed by atoms with Gasteiger partial charge in [0.25, 0.3) is 0 Å². The Labute approximate surface area is 318 Å². The van der Waals surface area contributed by atoms with Crippen molar-refractivity contribution >= 4 is 21.8 Å². The smallest absolute Gasteiger partial charge is 0.509 e. The Balaban J connectivity index is 0.00000448. The van der Waals surface area contributed by atoms with Crippen molar-refractivity contribution in [2.24, 2.45) is 17.8 Å². The predicted molar refractivity (Wildman–Crippen MR) is 206 cm³/mol. The molecule has 0 amide bonds. The number of pyridine rings is 1. The van der Waals surface area contributed by atoms with Crippen molar-refractivity contribution in [1.82, 2.24) is 19.3 Å². The molecule has 0 radical (unpaired) electrons. The molecule has 0 saturated carbocycles. The first-order valence-corrected chi connectivity index (χ1v) is 18.2. The van der Waals surface area contributed by atoms with Crippen molar-refractivity contribution < 1.29 is 25.8 Å². The molecule has 3 heterocycles. The van der Waals surface area contributed by atoms with Gasteiger partial charge in [0.15, 0.2) is 0 Å². The third-order valence-electron chi connectivity index (χ3n) is 10.8. The number of aromatic nitrogens is 4. The molecule has 0 bridgehead atoms. The van der Waals surface area contributed by atoms with E-state index in [9.17, 15) is 0 Å². The number of rotatable bonds is 7. The van der Waals surface area contributed by atoms with Gasteiger partial charge in [0, 0.05) is 40.4 Å². The van der Waals surface area contributed by atoms with Gasteiger partial charge >= 0.3 is 21.1 Å². The van der Waals surface area contributed by atoms with Gasteiger partial charge in [-0.25, -0.2) is 4.98 Å². The second-order valence-corrected chi connectivity index (χ2v) is 15.8. The molecule has 266 valence electrons. The molecular formula is C45H50N4OPt. The molecule has 1 aliphatic carbocycles. The molecule has 1 unspecified atom stereocenters. The number of allylic oxidation sites excluding steroid dienone is 2. The van der Waals surface area contributed by atoms with Crippen molar-refractivity contribution in [3.8, 4) is 23.0 Å². The fourth-order valence-electron chi connectivity index (χ4n) is 8.06. The van der Waals surface area contributed by atoms with Crippen LogP contribution in [-0.2, 0) is 32.9 Å². The normalized spacial score (nSPS) is 17.9. The van der Waals surface area contributed by atoms with E-state index in [1.807, 2.05) is 12.3 Å². The summed E-state index contributed by atoms with van der Waals surface area (Å²) < 4.78 is 11.0. The Morgan fingerprint density at radius 2 is 1.71 bits per heavy atom. The summed E-state index contributed by atoms with van der Waals surface area (Å²) in [4.78, 5) is 4.78. The molecule has 0 fully saturated rings. The van der Waals surface area contributed by atoms with E-state index in [4.69, 9.17) is 14.8 Å². The van der Waals surface area contributed by atoms with Crippen molar-refractivity contribution in [2.75, 3.05) is 0 Å². The molecule has 5 nitrogen and oxygen atoms in total. The molecule has 0 spiro atoms. The predicted octanol–water partition coefficient (Wildman–Crippen LogP) is 11.6. The van der Waals surface area contributed by atoms with Gasteiger partial charge in [0.05, 0.1) is 5.69 Å². The molecule has 6 aromatic rings. The quantitative estimate of drug-likeness (QED) is 0.119. The van der Waals surface area contributed by atoms with E-state index in [1.54, 1.807) is 0 Å². The van der Waals surface area contributed by atoms with Gasteiger partial charge in [0.1, 0.15) is 5.82 Å². The summed E-state index contributed by atoms with van der Waals surface area (Å²) in [6.45, 7) is 22.7. The van der Waals surface area contributed by atoms with E-state index in [1.165, 1.54) is 28.8 Å². The molecule has 1 aliphatic rings. The van der Waals surface area contributed by atoms with Gasteiger partial charge in [-0.15, -0.1) is 41.3 Å². The maximum atomic E-state index is 6.68. The van der Waals surface area contributed by atoms with Crippen LogP contribution in [0.15, 0.2) is 78.5 Å². The monoisotopic (exact) mass is 857 g/mol. The average Bonchev–Trinajstić information content (AvgIpc) is 3.56. The third-order valence-corrected chi connectivity index (χ3v) is 10.8. The molecule has 6 heteroatoms. The van der Waals surface area contributed by atoms with E-state index in [2.05, 4.69) is 151 Å². The maximum absolute atomic E-state index is 6.68. The van der Waals surface area contributed by atoms with Crippen molar-refractivity contribution in [3.05, 3.63) is 119 Å². The van der Waals surface area contributed by atoms with Crippen LogP contribution < -0.4 is 4.74 Å². The minimum absolute atomic E-state index is 0. The largest absolute Gasteiger partial charge is 2.00 e. The Morgan fingerprint density at radius 1 is 0.941 bits per heavy atom. The molecule has 7 rings (SSSR count). The van der Waals surface area contributed by atoms with Gasteiger partial charge in [-0.05, 0) is 91.6 Å². The van der Waals surface area contributed by atoms with Crippen LogP contribution >= 0.6 is 0 Å². The number of fused-ring (bicyclic) bond motifs is 3. The van der Waals surface area contributed by atoms with Gasteiger partial charge in [0.2, 0.25) is 0 Å². The van der Waals surface area contributed by atoms with E-state index >= 15 is 0 Å². The summed E-state index contributed by atoms with van der Waals surface area (Å²) in [7, 11) is 0.